The highest BCUT2D eigenvalue weighted by Gasteiger charge is 2.27. The van der Waals surface area contributed by atoms with Gasteiger partial charge in [-0.1, -0.05) is 30.3 Å². The highest BCUT2D eigenvalue weighted by atomic mass is 16.1. The smallest absolute Gasteiger partial charge is 0.278 e. The monoisotopic (exact) mass is 269 g/mol. The summed E-state index contributed by atoms with van der Waals surface area (Å²) in [6.45, 7) is 4.08. The summed E-state index contributed by atoms with van der Waals surface area (Å²) in [6, 6.07) is 9.97. The number of aromatic nitrogens is 4. The van der Waals surface area contributed by atoms with Gasteiger partial charge in [-0.3, -0.25) is 9.78 Å². The van der Waals surface area contributed by atoms with Gasteiger partial charge in [0, 0.05) is 5.41 Å². The summed E-state index contributed by atoms with van der Waals surface area (Å²) >= 11 is 0. The minimum Gasteiger partial charge on any atom is -0.369 e. The van der Waals surface area contributed by atoms with Gasteiger partial charge in [-0.25, -0.2) is 4.98 Å². The van der Waals surface area contributed by atoms with Gasteiger partial charge in [-0.15, -0.1) is 0 Å². The summed E-state index contributed by atoms with van der Waals surface area (Å²) in [5, 5.41) is 0. The van der Waals surface area contributed by atoms with Crippen LogP contribution < -0.4 is 11.3 Å². The number of anilines is 1. The zero-order valence-electron chi connectivity index (χ0n) is 11.3. The fraction of sp³-hybridized carbons (Fsp3) is 0.214. The molecule has 20 heavy (non-hydrogen) atoms. The molecule has 0 aliphatic heterocycles. The van der Waals surface area contributed by atoms with Crippen molar-refractivity contribution in [3.8, 4) is 0 Å². The van der Waals surface area contributed by atoms with E-state index in [0.29, 0.717) is 17.0 Å². The SMILES string of the molecule is CC(C)(c1ccccc1)c1nc2nc(N)[nH]c(=O)c2[nH]1. The van der Waals surface area contributed by atoms with E-state index < -0.39 is 0 Å². The summed E-state index contributed by atoms with van der Waals surface area (Å²) in [6.07, 6.45) is 0. The summed E-state index contributed by atoms with van der Waals surface area (Å²) in [7, 11) is 0. The molecule has 2 heterocycles. The number of nitrogens with zero attached hydrogens (tertiary/aromatic N) is 2. The first-order valence-corrected chi connectivity index (χ1v) is 6.30. The molecule has 0 radical (unpaired) electrons. The molecule has 1 aromatic carbocycles. The van der Waals surface area contributed by atoms with Crippen LogP contribution in [0.1, 0.15) is 25.2 Å². The van der Waals surface area contributed by atoms with E-state index in [9.17, 15) is 4.79 Å². The molecule has 0 unspecified atom stereocenters. The Morgan fingerprint density at radius 3 is 2.50 bits per heavy atom. The van der Waals surface area contributed by atoms with Gasteiger partial charge >= 0.3 is 0 Å². The highest BCUT2D eigenvalue weighted by molar-refractivity contribution is 5.70. The Hall–Kier alpha value is -2.63. The lowest BCUT2D eigenvalue weighted by molar-refractivity contribution is 0.601. The molecular weight excluding hydrogens is 254 g/mol. The fourth-order valence-electron chi connectivity index (χ4n) is 2.21. The molecule has 102 valence electrons. The van der Waals surface area contributed by atoms with Crippen LogP contribution in [-0.4, -0.2) is 19.9 Å². The van der Waals surface area contributed by atoms with E-state index in [0.717, 1.165) is 5.56 Å². The van der Waals surface area contributed by atoms with E-state index in [-0.39, 0.29) is 16.9 Å². The van der Waals surface area contributed by atoms with Gasteiger partial charge in [0.1, 0.15) is 5.82 Å². The maximum absolute atomic E-state index is 11.8. The number of imidazole rings is 1. The van der Waals surface area contributed by atoms with Crippen LogP contribution in [0.25, 0.3) is 11.2 Å². The van der Waals surface area contributed by atoms with Crippen molar-refractivity contribution in [2.45, 2.75) is 19.3 Å². The van der Waals surface area contributed by atoms with Gasteiger partial charge in [0.25, 0.3) is 5.56 Å². The molecule has 2 aromatic heterocycles. The van der Waals surface area contributed by atoms with Gasteiger partial charge in [0.05, 0.1) is 0 Å². The molecule has 0 aliphatic rings. The van der Waals surface area contributed by atoms with E-state index in [1.54, 1.807) is 0 Å². The van der Waals surface area contributed by atoms with Gasteiger partial charge in [-0.2, -0.15) is 4.98 Å². The normalized spacial score (nSPS) is 11.9. The third-order valence-corrected chi connectivity index (χ3v) is 3.47. The maximum Gasteiger partial charge on any atom is 0.278 e. The number of hydrogen-bond donors (Lipinski definition) is 3. The van der Waals surface area contributed by atoms with E-state index in [1.807, 2.05) is 44.2 Å². The molecule has 0 fully saturated rings. The number of benzene rings is 1. The number of H-pyrrole nitrogens is 2. The standard InChI is InChI=1S/C14H15N5O/c1-14(2,8-6-4-3-5-7-8)12-16-9-10(17-12)18-13(15)19-11(9)20/h3-7H,1-2H3,(H4,15,16,17,18,19,20). The predicted molar refractivity (Wildman–Crippen MR) is 77.5 cm³/mol. The van der Waals surface area contributed by atoms with Crippen molar-refractivity contribution in [3.05, 3.63) is 52.1 Å². The molecule has 4 N–H and O–H groups in total. The third-order valence-electron chi connectivity index (χ3n) is 3.47. The molecule has 0 atom stereocenters. The van der Waals surface area contributed by atoms with Crippen molar-refractivity contribution in [2.24, 2.45) is 0 Å². The van der Waals surface area contributed by atoms with Crippen LogP contribution in [0.3, 0.4) is 0 Å². The van der Waals surface area contributed by atoms with Crippen molar-refractivity contribution in [1.29, 1.82) is 0 Å². The Bertz CT molecular complexity index is 816. The van der Waals surface area contributed by atoms with Crippen LogP contribution in [-0.2, 0) is 5.41 Å². The Labute approximate surface area is 115 Å². The number of nitrogens with two attached hydrogens (primary N) is 1. The molecule has 6 heteroatoms. The lowest BCUT2D eigenvalue weighted by Gasteiger charge is -2.22. The first-order chi connectivity index (χ1) is 9.48. The van der Waals surface area contributed by atoms with Crippen molar-refractivity contribution in [2.75, 3.05) is 5.73 Å². The van der Waals surface area contributed by atoms with E-state index in [2.05, 4.69) is 19.9 Å². The molecule has 0 aliphatic carbocycles. The van der Waals surface area contributed by atoms with Crippen molar-refractivity contribution < 1.29 is 0 Å². The van der Waals surface area contributed by atoms with Crippen molar-refractivity contribution in [1.82, 2.24) is 19.9 Å². The van der Waals surface area contributed by atoms with Gasteiger partial charge in [0.2, 0.25) is 5.95 Å². The zero-order valence-corrected chi connectivity index (χ0v) is 11.3. The average Bonchev–Trinajstić information content (AvgIpc) is 2.84. The average molecular weight is 269 g/mol. The largest absolute Gasteiger partial charge is 0.369 e. The second kappa shape index (κ2) is 4.19. The first-order valence-electron chi connectivity index (χ1n) is 6.30. The van der Waals surface area contributed by atoms with Gasteiger partial charge in [-0.05, 0) is 19.4 Å². The molecule has 0 spiro atoms. The van der Waals surface area contributed by atoms with E-state index in [1.165, 1.54) is 0 Å². The van der Waals surface area contributed by atoms with E-state index in [4.69, 9.17) is 5.73 Å². The number of aromatic amines is 2. The molecular formula is C14H15N5O. The number of nitrogen functional groups attached to an aromatic ring is 1. The molecule has 0 bridgehead atoms. The molecule has 0 amide bonds. The lowest BCUT2D eigenvalue weighted by atomic mass is 9.84. The Morgan fingerprint density at radius 1 is 1.10 bits per heavy atom. The maximum atomic E-state index is 11.8. The van der Waals surface area contributed by atoms with Crippen LogP contribution >= 0.6 is 0 Å². The zero-order chi connectivity index (χ0) is 14.3. The molecule has 3 rings (SSSR count). The predicted octanol–water partition coefficient (Wildman–Crippen LogP) is 1.55. The minimum absolute atomic E-state index is 0.0677. The molecule has 0 saturated carbocycles. The first kappa shape index (κ1) is 12.4. The van der Waals surface area contributed by atoms with Gasteiger partial charge < -0.3 is 10.7 Å². The Morgan fingerprint density at radius 2 is 1.80 bits per heavy atom. The summed E-state index contributed by atoms with van der Waals surface area (Å²) in [5.41, 5.74) is 6.65. The van der Waals surface area contributed by atoms with Crippen LogP contribution in [0.5, 0.6) is 0 Å². The summed E-state index contributed by atoms with van der Waals surface area (Å²) in [4.78, 5) is 25.8. The third kappa shape index (κ3) is 1.85. The summed E-state index contributed by atoms with van der Waals surface area (Å²) < 4.78 is 0. The van der Waals surface area contributed by atoms with Crippen molar-refractivity contribution in [3.63, 3.8) is 0 Å². The highest BCUT2D eigenvalue weighted by Crippen LogP contribution is 2.29. The number of fused-ring (bicyclic) bond motifs is 1. The second-order valence-electron chi connectivity index (χ2n) is 5.23. The Kier molecular flexibility index (Phi) is 2.60. The number of rotatable bonds is 2. The number of hydrogen-bond acceptors (Lipinski definition) is 4. The molecule has 3 aromatic rings. The fourth-order valence-corrected chi connectivity index (χ4v) is 2.21. The minimum atomic E-state index is -0.358. The second-order valence-corrected chi connectivity index (χ2v) is 5.23. The lowest BCUT2D eigenvalue weighted by Crippen LogP contribution is -2.20. The van der Waals surface area contributed by atoms with Crippen molar-refractivity contribution >= 4 is 17.1 Å². The topological polar surface area (TPSA) is 100 Å². The molecule has 0 saturated heterocycles. The van der Waals surface area contributed by atoms with Crippen LogP contribution in [0.4, 0.5) is 5.95 Å². The van der Waals surface area contributed by atoms with Crippen LogP contribution in [0, 0.1) is 0 Å². The van der Waals surface area contributed by atoms with E-state index >= 15 is 0 Å². The quantitative estimate of drug-likeness (QED) is 0.657. The van der Waals surface area contributed by atoms with Crippen LogP contribution in [0.2, 0.25) is 0 Å². The Balaban J connectivity index is 2.20. The summed E-state index contributed by atoms with van der Waals surface area (Å²) in [5.74, 6) is 0.750. The van der Waals surface area contributed by atoms with Gasteiger partial charge in [0.15, 0.2) is 11.2 Å². The molecule has 6 nitrogen and oxygen atoms in total. The number of nitrogens with one attached hydrogen (secondary N) is 2. The van der Waals surface area contributed by atoms with Crippen LogP contribution in [0.15, 0.2) is 35.1 Å².